The monoisotopic (exact) mass is 285 g/mol. The first-order valence-corrected chi connectivity index (χ1v) is 6.20. The number of carbonyl (C=O) groups is 1. The van der Waals surface area contributed by atoms with Gasteiger partial charge in [0.1, 0.15) is 0 Å². The van der Waals surface area contributed by atoms with Crippen LogP contribution in [0.1, 0.15) is 19.4 Å². The third kappa shape index (κ3) is 6.05. The Morgan fingerprint density at radius 2 is 1.79 bits per heavy atom. The van der Waals surface area contributed by atoms with E-state index in [2.05, 4.69) is 10.2 Å². The van der Waals surface area contributed by atoms with Gasteiger partial charge in [0.2, 0.25) is 5.91 Å². The van der Waals surface area contributed by atoms with Gasteiger partial charge in [0.25, 0.3) is 0 Å². The van der Waals surface area contributed by atoms with Gasteiger partial charge >= 0.3 is 0 Å². The van der Waals surface area contributed by atoms with E-state index in [1.54, 1.807) is 0 Å². The van der Waals surface area contributed by atoms with E-state index in [0.717, 1.165) is 12.2 Å². The molecule has 5 heteroatoms. The summed E-state index contributed by atoms with van der Waals surface area (Å²) in [4.78, 5) is 13.9. The third-order valence-electron chi connectivity index (χ3n) is 2.74. The number of halogens is 1. The summed E-state index contributed by atoms with van der Waals surface area (Å²) in [6.45, 7) is 4.76. The number of benzene rings is 1. The molecule has 19 heavy (non-hydrogen) atoms. The van der Waals surface area contributed by atoms with Gasteiger partial charge < -0.3 is 16.0 Å². The van der Waals surface area contributed by atoms with Gasteiger partial charge in [0.15, 0.2) is 0 Å². The predicted octanol–water partition coefficient (Wildman–Crippen LogP) is 2.09. The highest BCUT2D eigenvalue weighted by atomic mass is 35.5. The number of amides is 1. The van der Waals surface area contributed by atoms with E-state index in [1.807, 2.05) is 52.2 Å². The molecule has 0 radical (unpaired) electrons. The second-order valence-corrected chi connectivity index (χ2v) is 5.19. The van der Waals surface area contributed by atoms with Gasteiger partial charge in [-0.25, -0.2) is 0 Å². The maximum absolute atomic E-state index is 11.8. The summed E-state index contributed by atoms with van der Waals surface area (Å²) in [5.41, 5.74) is 7.79. The molecule has 0 aliphatic carbocycles. The summed E-state index contributed by atoms with van der Waals surface area (Å²) in [6, 6.07) is 7.37. The molecule has 108 valence electrons. The molecule has 3 N–H and O–H groups in total. The molecule has 1 rings (SSSR count). The van der Waals surface area contributed by atoms with Gasteiger partial charge in [-0.15, -0.1) is 12.4 Å². The molecule has 0 saturated heterocycles. The minimum atomic E-state index is -0.466. The summed E-state index contributed by atoms with van der Waals surface area (Å²) in [5.74, 6) is 0.00312. The van der Waals surface area contributed by atoms with Crippen LogP contribution in [0.5, 0.6) is 0 Å². The Balaban J connectivity index is 0.00000324. The van der Waals surface area contributed by atoms with Crippen molar-refractivity contribution in [3.8, 4) is 0 Å². The van der Waals surface area contributed by atoms with Crippen molar-refractivity contribution in [1.29, 1.82) is 0 Å². The van der Waals surface area contributed by atoms with E-state index in [4.69, 9.17) is 5.73 Å². The van der Waals surface area contributed by atoms with Crippen LogP contribution in [-0.4, -0.2) is 30.9 Å². The van der Waals surface area contributed by atoms with Crippen molar-refractivity contribution in [1.82, 2.24) is 4.90 Å². The van der Waals surface area contributed by atoms with E-state index >= 15 is 0 Å². The van der Waals surface area contributed by atoms with Gasteiger partial charge in [-0.3, -0.25) is 4.79 Å². The van der Waals surface area contributed by atoms with Crippen molar-refractivity contribution in [2.24, 2.45) is 11.7 Å². The van der Waals surface area contributed by atoms with Crippen LogP contribution in [-0.2, 0) is 11.3 Å². The fourth-order valence-corrected chi connectivity index (χ4v) is 1.59. The number of nitrogens with two attached hydrogens (primary N) is 1. The van der Waals surface area contributed by atoms with E-state index in [-0.39, 0.29) is 24.2 Å². The Bertz CT molecular complexity index is 390. The maximum atomic E-state index is 11.8. The Labute approximate surface area is 121 Å². The zero-order chi connectivity index (χ0) is 13.7. The smallest absolute Gasteiger partial charge is 0.241 e. The maximum Gasteiger partial charge on any atom is 0.241 e. The summed E-state index contributed by atoms with van der Waals surface area (Å²) in [5, 5.41) is 2.83. The summed E-state index contributed by atoms with van der Waals surface area (Å²) in [7, 11) is 4.05. The van der Waals surface area contributed by atoms with Gasteiger partial charge in [-0.05, 0) is 37.7 Å². The molecular formula is C14H24ClN3O. The lowest BCUT2D eigenvalue weighted by molar-refractivity contribution is -0.118. The highest BCUT2D eigenvalue weighted by molar-refractivity contribution is 5.94. The van der Waals surface area contributed by atoms with Crippen molar-refractivity contribution in [2.75, 3.05) is 19.4 Å². The summed E-state index contributed by atoms with van der Waals surface area (Å²) >= 11 is 0. The topological polar surface area (TPSA) is 58.4 Å². The van der Waals surface area contributed by atoms with Gasteiger partial charge in [0.05, 0.1) is 6.04 Å². The van der Waals surface area contributed by atoms with E-state index in [9.17, 15) is 4.79 Å². The highest BCUT2D eigenvalue weighted by Crippen LogP contribution is 2.11. The molecule has 0 aliphatic rings. The molecule has 0 heterocycles. The molecule has 1 aromatic rings. The van der Waals surface area contributed by atoms with Crippen molar-refractivity contribution in [3.05, 3.63) is 29.8 Å². The lowest BCUT2D eigenvalue weighted by Gasteiger charge is -2.15. The molecule has 0 aromatic heterocycles. The Kier molecular flexibility index (Phi) is 7.68. The summed E-state index contributed by atoms with van der Waals surface area (Å²) in [6.07, 6.45) is 0. The van der Waals surface area contributed by atoms with Crippen molar-refractivity contribution in [3.63, 3.8) is 0 Å². The molecule has 0 fully saturated rings. The van der Waals surface area contributed by atoms with Crippen molar-refractivity contribution in [2.45, 2.75) is 26.4 Å². The Hall–Kier alpha value is -1.10. The average Bonchev–Trinajstić information content (AvgIpc) is 2.29. The molecular weight excluding hydrogens is 262 g/mol. The van der Waals surface area contributed by atoms with Crippen LogP contribution in [0.2, 0.25) is 0 Å². The molecule has 0 spiro atoms. The molecule has 0 saturated carbocycles. The lowest BCUT2D eigenvalue weighted by atomic mass is 10.0. The normalized spacial score (nSPS) is 12.2. The number of nitrogens with one attached hydrogen (secondary N) is 1. The number of hydrogen-bond donors (Lipinski definition) is 2. The first-order chi connectivity index (χ1) is 8.40. The van der Waals surface area contributed by atoms with Gasteiger partial charge in [-0.2, -0.15) is 0 Å². The number of hydrogen-bond acceptors (Lipinski definition) is 3. The number of carbonyl (C=O) groups excluding carboxylic acids is 1. The third-order valence-corrected chi connectivity index (χ3v) is 2.74. The molecule has 0 unspecified atom stereocenters. The number of anilines is 1. The standard InChI is InChI=1S/C14H23N3O.ClH/c1-10(2)13(15)14(18)16-12-7-5-11(6-8-12)9-17(3)4;/h5-8,10,13H,9,15H2,1-4H3,(H,16,18);1H/t13-;/m1./s1. The SMILES string of the molecule is CC(C)[C@@H](N)C(=O)Nc1ccc(CN(C)C)cc1.Cl. The lowest BCUT2D eigenvalue weighted by Crippen LogP contribution is -2.39. The second-order valence-electron chi connectivity index (χ2n) is 5.19. The minimum absolute atomic E-state index is 0. The van der Waals surface area contributed by atoms with E-state index < -0.39 is 6.04 Å². The number of rotatable bonds is 5. The molecule has 0 bridgehead atoms. The average molecular weight is 286 g/mol. The van der Waals surface area contributed by atoms with Crippen LogP contribution in [0.3, 0.4) is 0 Å². The quantitative estimate of drug-likeness (QED) is 0.871. The van der Waals surface area contributed by atoms with Crippen LogP contribution in [0.15, 0.2) is 24.3 Å². The van der Waals surface area contributed by atoms with Crippen LogP contribution in [0, 0.1) is 5.92 Å². The van der Waals surface area contributed by atoms with Crippen LogP contribution < -0.4 is 11.1 Å². The number of nitrogens with zero attached hydrogens (tertiary/aromatic N) is 1. The van der Waals surface area contributed by atoms with Gasteiger partial charge in [0, 0.05) is 12.2 Å². The fourth-order valence-electron chi connectivity index (χ4n) is 1.59. The van der Waals surface area contributed by atoms with Crippen molar-refractivity contribution < 1.29 is 4.79 Å². The molecule has 4 nitrogen and oxygen atoms in total. The fraction of sp³-hybridized carbons (Fsp3) is 0.500. The zero-order valence-electron chi connectivity index (χ0n) is 12.0. The van der Waals surface area contributed by atoms with E-state index in [1.165, 1.54) is 5.56 Å². The first-order valence-electron chi connectivity index (χ1n) is 6.20. The molecule has 1 amide bonds. The molecule has 0 aliphatic heterocycles. The minimum Gasteiger partial charge on any atom is -0.325 e. The second kappa shape index (κ2) is 8.15. The molecule has 1 aromatic carbocycles. The van der Waals surface area contributed by atoms with Gasteiger partial charge in [-0.1, -0.05) is 26.0 Å². The van der Waals surface area contributed by atoms with Crippen LogP contribution in [0.25, 0.3) is 0 Å². The van der Waals surface area contributed by atoms with Crippen LogP contribution in [0.4, 0.5) is 5.69 Å². The van der Waals surface area contributed by atoms with E-state index in [0.29, 0.717) is 0 Å². The molecule has 1 atom stereocenters. The Morgan fingerprint density at radius 1 is 1.26 bits per heavy atom. The zero-order valence-corrected chi connectivity index (χ0v) is 12.8. The highest BCUT2D eigenvalue weighted by Gasteiger charge is 2.16. The largest absolute Gasteiger partial charge is 0.325 e. The van der Waals surface area contributed by atoms with Crippen LogP contribution >= 0.6 is 12.4 Å². The first kappa shape index (κ1) is 17.9. The van der Waals surface area contributed by atoms with Crippen molar-refractivity contribution >= 4 is 24.0 Å². The predicted molar refractivity (Wildman–Crippen MR) is 82.5 cm³/mol. The Morgan fingerprint density at radius 3 is 2.21 bits per heavy atom. The summed E-state index contributed by atoms with van der Waals surface area (Å²) < 4.78 is 0.